The van der Waals surface area contributed by atoms with E-state index in [2.05, 4.69) is 41.7 Å². The minimum Gasteiger partial charge on any atom is -0.487 e. The number of hydrogen-bond donors (Lipinski definition) is 1. The summed E-state index contributed by atoms with van der Waals surface area (Å²) >= 11 is 0. The normalized spacial score (nSPS) is 23.8. The first-order valence-corrected chi connectivity index (χ1v) is 7.75. The van der Waals surface area contributed by atoms with Gasteiger partial charge in [-0.25, -0.2) is 0 Å². The smallest absolute Gasteiger partial charge is 0.126 e. The molecule has 1 saturated heterocycles. The number of rotatable bonds is 1. The zero-order chi connectivity index (χ0) is 14.3. The van der Waals surface area contributed by atoms with Gasteiger partial charge in [0.15, 0.2) is 0 Å². The first-order chi connectivity index (χ1) is 10.3. The highest BCUT2D eigenvalue weighted by Crippen LogP contribution is 2.47. The summed E-state index contributed by atoms with van der Waals surface area (Å²) in [6.45, 7) is 2.05. The molecule has 3 nitrogen and oxygen atoms in total. The van der Waals surface area contributed by atoms with E-state index < -0.39 is 0 Å². The van der Waals surface area contributed by atoms with Gasteiger partial charge in [0.2, 0.25) is 0 Å². The van der Waals surface area contributed by atoms with Gasteiger partial charge < -0.3 is 14.8 Å². The SMILES string of the molecule is COC1CC2(CCNCC2)Oc2ccc3ccccc3c21. The molecule has 2 aliphatic heterocycles. The molecular weight excluding hydrogens is 262 g/mol. The maximum atomic E-state index is 6.48. The van der Waals surface area contributed by atoms with Crippen LogP contribution in [0.3, 0.4) is 0 Å². The lowest BCUT2D eigenvalue weighted by Crippen LogP contribution is -2.49. The molecule has 2 aromatic rings. The predicted molar refractivity (Wildman–Crippen MR) is 83.8 cm³/mol. The molecule has 1 atom stereocenters. The lowest BCUT2D eigenvalue weighted by molar-refractivity contribution is -0.0470. The van der Waals surface area contributed by atoms with Crippen molar-refractivity contribution in [3.8, 4) is 5.75 Å². The third kappa shape index (κ3) is 2.12. The van der Waals surface area contributed by atoms with Crippen molar-refractivity contribution >= 4 is 10.8 Å². The summed E-state index contributed by atoms with van der Waals surface area (Å²) in [5.74, 6) is 1.01. The molecular formula is C18H21NO2. The predicted octanol–water partition coefficient (Wildman–Crippen LogP) is 3.43. The molecule has 0 aliphatic carbocycles. The van der Waals surface area contributed by atoms with Crippen LogP contribution >= 0.6 is 0 Å². The highest BCUT2D eigenvalue weighted by atomic mass is 16.5. The number of nitrogens with one attached hydrogen (secondary N) is 1. The number of methoxy groups -OCH3 is 1. The quantitative estimate of drug-likeness (QED) is 0.869. The molecule has 0 saturated carbocycles. The van der Waals surface area contributed by atoms with Crippen molar-refractivity contribution < 1.29 is 9.47 Å². The van der Waals surface area contributed by atoms with Gasteiger partial charge in [-0.3, -0.25) is 0 Å². The molecule has 2 heterocycles. The van der Waals surface area contributed by atoms with Crippen LogP contribution in [0.5, 0.6) is 5.75 Å². The first kappa shape index (κ1) is 13.1. The van der Waals surface area contributed by atoms with E-state index in [-0.39, 0.29) is 11.7 Å². The van der Waals surface area contributed by atoms with E-state index in [1.165, 1.54) is 16.3 Å². The Morgan fingerprint density at radius 1 is 1.14 bits per heavy atom. The van der Waals surface area contributed by atoms with Gasteiger partial charge in [0.25, 0.3) is 0 Å². The molecule has 1 fully saturated rings. The van der Waals surface area contributed by atoms with Crippen LogP contribution in [-0.2, 0) is 4.74 Å². The van der Waals surface area contributed by atoms with Crippen LogP contribution in [0.15, 0.2) is 36.4 Å². The lowest BCUT2D eigenvalue weighted by atomic mass is 9.81. The maximum absolute atomic E-state index is 6.48. The maximum Gasteiger partial charge on any atom is 0.126 e. The summed E-state index contributed by atoms with van der Waals surface area (Å²) in [4.78, 5) is 0. The third-order valence-electron chi connectivity index (χ3n) is 4.94. The van der Waals surface area contributed by atoms with E-state index in [0.29, 0.717) is 0 Å². The van der Waals surface area contributed by atoms with E-state index in [0.717, 1.165) is 38.1 Å². The Labute approximate surface area is 125 Å². The van der Waals surface area contributed by atoms with Crippen molar-refractivity contribution in [1.82, 2.24) is 5.32 Å². The fourth-order valence-electron chi connectivity index (χ4n) is 3.80. The Morgan fingerprint density at radius 3 is 2.76 bits per heavy atom. The second kappa shape index (κ2) is 5.00. The molecule has 0 amide bonds. The van der Waals surface area contributed by atoms with Crippen molar-refractivity contribution in [2.75, 3.05) is 20.2 Å². The Morgan fingerprint density at radius 2 is 1.95 bits per heavy atom. The summed E-state index contributed by atoms with van der Waals surface area (Å²) in [6, 6.07) is 12.8. The zero-order valence-corrected chi connectivity index (χ0v) is 12.4. The van der Waals surface area contributed by atoms with Crippen LogP contribution in [0.25, 0.3) is 10.8 Å². The van der Waals surface area contributed by atoms with E-state index in [1.54, 1.807) is 0 Å². The molecule has 1 unspecified atom stereocenters. The molecule has 2 aliphatic rings. The van der Waals surface area contributed by atoms with Gasteiger partial charge in [-0.1, -0.05) is 30.3 Å². The van der Waals surface area contributed by atoms with Crippen molar-refractivity contribution in [3.05, 3.63) is 42.0 Å². The Balaban J connectivity index is 1.84. The first-order valence-electron chi connectivity index (χ1n) is 7.75. The standard InChI is InChI=1S/C18H21NO2/c1-20-16-12-18(8-10-19-11-9-18)21-15-7-6-13-4-2-3-5-14(13)17(15)16/h2-7,16,19H,8-12H2,1H3. The molecule has 1 spiro atoms. The summed E-state index contributed by atoms with van der Waals surface area (Å²) in [6.07, 6.45) is 3.18. The molecule has 0 bridgehead atoms. The van der Waals surface area contributed by atoms with E-state index in [1.807, 2.05) is 7.11 Å². The number of piperidine rings is 1. The van der Waals surface area contributed by atoms with E-state index >= 15 is 0 Å². The number of benzene rings is 2. The summed E-state index contributed by atoms with van der Waals surface area (Å²) in [7, 11) is 1.82. The molecule has 1 N–H and O–H groups in total. The van der Waals surface area contributed by atoms with Gasteiger partial charge in [0, 0.05) is 19.1 Å². The van der Waals surface area contributed by atoms with Crippen molar-refractivity contribution in [1.29, 1.82) is 0 Å². The zero-order valence-electron chi connectivity index (χ0n) is 12.4. The molecule has 21 heavy (non-hydrogen) atoms. The van der Waals surface area contributed by atoms with Gasteiger partial charge >= 0.3 is 0 Å². The van der Waals surface area contributed by atoms with Crippen LogP contribution in [0.4, 0.5) is 0 Å². The second-order valence-electron chi connectivity index (χ2n) is 6.16. The molecule has 4 rings (SSSR count). The highest BCUT2D eigenvalue weighted by molar-refractivity contribution is 5.88. The number of hydrogen-bond acceptors (Lipinski definition) is 3. The fourth-order valence-corrected chi connectivity index (χ4v) is 3.80. The second-order valence-corrected chi connectivity index (χ2v) is 6.16. The summed E-state index contributed by atoms with van der Waals surface area (Å²) in [5, 5.41) is 5.93. The monoisotopic (exact) mass is 283 g/mol. The average molecular weight is 283 g/mol. The molecule has 0 aromatic heterocycles. The van der Waals surface area contributed by atoms with Crippen molar-refractivity contribution in [2.24, 2.45) is 0 Å². The molecule has 110 valence electrons. The third-order valence-corrected chi connectivity index (χ3v) is 4.94. The van der Waals surface area contributed by atoms with Crippen molar-refractivity contribution in [2.45, 2.75) is 31.0 Å². The Bertz CT molecular complexity index is 661. The largest absolute Gasteiger partial charge is 0.487 e. The molecule has 3 heteroatoms. The Kier molecular flexibility index (Phi) is 3.12. The number of ether oxygens (including phenoxy) is 2. The van der Waals surface area contributed by atoms with E-state index in [9.17, 15) is 0 Å². The van der Waals surface area contributed by atoms with Crippen LogP contribution in [0, 0.1) is 0 Å². The van der Waals surface area contributed by atoms with Crippen LogP contribution < -0.4 is 10.1 Å². The van der Waals surface area contributed by atoms with Crippen molar-refractivity contribution in [3.63, 3.8) is 0 Å². The van der Waals surface area contributed by atoms with Crippen LogP contribution in [0.1, 0.15) is 30.9 Å². The highest BCUT2D eigenvalue weighted by Gasteiger charge is 2.42. The minimum absolute atomic E-state index is 0.0542. The summed E-state index contributed by atoms with van der Waals surface area (Å²) in [5.41, 5.74) is 1.17. The van der Waals surface area contributed by atoms with Gasteiger partial charge in [0.1, 0.15) is 11.4 Å². The van der Waals surface area contributed by atoms with Gasteiger partial charge in [-0.2, -0.15) is 0 Å². The minimum atomic E-state index is -0.0542. The topological polar surface area (TPSA) is 30.5 Å². The van der Waals surface area contributed by atoms with Gasteiger partial charge in [-0.15, -0.1) is 0 Å². The van der Waals surface area contributed by atoms with Crippen LogP contribution in [0.2, 0.25) is 0 Å². The Hall–Kier alpha value is -1.58. The van der Waals surface area contributed by atoms with Gasteiger partial charge in [-0.05, 0) is 42.8 Å². The fraction of sp³-hybridized carbons (Fsp3) is 0.444. The average Bonchev–Trinajstić information content (AvgIpc) is 2.54. The lowest BCUT2D eigenvalue weighted by Gasteiger charge is -2.44. The van der Waals surface area contributed by atoms with Crippen LogP contribution in [-0.4, -0.2) is 25.8 Å². The number of fused-ring (bicyclic) bond motifs is 3. The molecule has 0 radical (unpaired) electrons. The van der Waals surface area contributed by atoms with E-state index in [4.69, 9.17) is 9.47 Å². The summed E-state index contributed by atoms with van der Waals surface area (Å²) < 4.78 is 12.3. The molecule has 2 aromatic carbocycles. The van der Waals surface area contributed by atoms with Gasteiger partial charge in [0.05, 0.1) is 6.10 Å².